The van der Waals surface area contributed by atoms with Gasteiger partial charge in [-0.1, -0.05) is 43.7 Å². The molecule has 0 saturated heterocycles. The summed E-state index contributed by atoms with van der Waals surface area (Å²) in [5.41, 5.74) is 2.41. The van der Waals surface area contributed by atoms with Gasteiger partial charge in [0.05, 0.1) is 17.8 Å². The van der Waals surface area contributed by atoms with Crippen molar-refractivity contribution < 1.29 is 23.4 Å². The predicted octanol–water partition coefficient (Wildman–Crippen LogP) is 6.38. The number of halogens is 3. The second-order valence-electron chi connectivity index (χ2n) is 11.1. The van der Waals surface area contributed by atoms with Crippen molar-refractivity contribution in [2.45, 2.75) is 77.2 Å². The Hall–Kier alpha value is -1.59. The molecule has 3 saturated carbocycles. The minimum absolute atomic E-state index is 0.147. The van der Waals surface area contributed by atoms with E-state index in [1.165, 1.54) is 17.7 Å². The van der Waals surface area contributed by atoms with E-state index in [0.717, 1.165) is 62.7 Å². The van der Waals surface area contributed by atoms with Crippen LogP contribution in [0.1, 0.15) is 69.9 Å². The number of alkyl halides is 3. The van der Waals surface area contributed by atoms with Crippen LogP contribution in [0.15, 0.2) is 41.5 Å². The molecule has 4 aliphatic rings. The predicted molar refractivity (Wildman–Crippen MR) is 119 cm³/mol. The average Bonchev–Trinajstić information content (AvgIpc) is 2.99. The zero-order valence-electron chi connectivity index (χ0n) is 18.8. The van der Waals surface area contributed by atoms with E-state index in [0.29, 0.717) is 23.3 Å². The topological polar surface area (TPSA) is 40.5 Å². The van der Waals surface area contributed by atoms with Crippen LogP contribution in [-0.2, 0) is 6.18 Å². The van der Waals surface area contributed by atoms with Crippen molar-refractivity contribution in [2.75, 3.05) is 0 Å². The standard InChI is InChI=1S/C27H33F3O2/c1-25-11-9-20(31)15-19(25)7-8-21-22(25)10-12-26(2)23(21)14-17(24(26)32)13-16-3-5-18(6-4-16)27(28,29)30/h3-7,13,20-24,31-32H,8-12,14-15H2,1-2H3/b17-13+/t20-,21-,22+,23+,24+,25-,26-/m0/s1. The minimum Gasteiger partial charge on any atom is -0.393 e. The van der Waals surface area contributed by atoms with Crippen LogP contribution in [0.4, 0.5) is 13.2 Å². The fraction of sp³-hybridized carbons (Fsp3) is 0.630. The molecule has 0 unspecified atom stereocenters. The van der Waals surface area contributed by atoms with Crippen molar-refractivity contribution in [1.82, 2.24) is 0 Å². The Kier molecular flexibility index (Phi) is 5.18. The van der Waals surface area contributed by atoms with Crippen molar-refractivity contribution in [3.63, 3.8) is 0 Å². The normalized spacial score (nSPS) is 42.8. The van der Waals surface area contributed by atoms with Crippen LogP contribution in [0.2, 0.25) is 0 Å². The Morgan fingerprint density at radius 2 is 1.69 bits per heavy atom. The summed E-state index contributed by atoms with van der Waals surface area (Å²) in [5, 5.41) is 21.5. The molecule has 4 aliphatic carbocycles. The molecule has 32 heavy (non-hydrogen) atoms. The summed E-state index contributed by atoms with van der Waals surface area (Å²) in [7, 11) is 0. The molecule has 1 aromatic carbocycles. The summed E-state index contributed by atoms with van der Waals surface area (Å²) in [6, 6.07) is 5.23. The van der Waals surface area contributed by atoms with Gasteiger partial charge < -0.3 is 10.2 Å². The molecule has 0 amide bonds. The molecular formula is C27H33F3O2. The zero-order chi connectivity index (χ0) is 22.9. The van der Waals surface area contributed by atoms with E-state index in [1.54, 1.807) is 0 Å². The van der Waals surface area contributed by atoms with Crippen LogP contribution >= 0.6 is 0 Å². The van der Waals surface area contributed by atoms with Gasteiger partial charge in [0.2, 0.25) is 0 Å². The van der Waals surface area contributed by atoms with Crippen LogP contribution in [0.5, 0.6) is 0 Å². The summed E-state index contributed by atoms with van der Waals surface area (Å²) in [6.07, 6.45) is 5.73. The summed E-state index contributed by atoms with van der Waals surface area (Å²) < 4.78 is 38.7. The number of aliphatic hydroxyl groups is 2. The van der Waals surface area contributed by atoms with Crippen LogP contribution < -0.4 is 0 Å². The first kappa shape index (κ1) is 22.2. The second kappa shape index (κ2) is 7.46. The molecule has 0 bridgehead atoms. The molecular weight excluding hydrogens is 413 g/mol. The lowest BCUT2D eigenvalue weighted by Crippen LogP contribution is -2.51. The van der Waals surface area contributed by atoms with E-state index < -0.39 is 17.8 Å². The Bertz CT molecular complexity index is 947. The third-order valence-electron chi connectivity index (χ3n) is 9.54. The Morgan fingerprint density at radius 1 is 0.969 bits per heavy atom. The van der Waals surface area contributed by atoms with Crippen LogP contribution in [-0.4, -0.2) is 22.4 Å². The fourth-order valence-electron chi connectivity index (χ4n) is 7.62. The van der Waals surface area contributed by atoms with Crippen molar-refractivity contribution in [3.8, 4) is 0 Å². The number of hydrogen-bond acceptors (Lipinski definition) is 2. The summed E-state index contributed by atoms with van der Waals surface area (Å²) in [4.78, 5) is 0. The lowest BCUT2D eigenvalue weighted by molar-refractivity contribution is -0.137. The van der Waals surface area contributed by atoms with E-state index in [1.807, 2.05) is 6.08 Å². The zero-order valence-corrected chi connectivity index (χ0v) is 18.8. The number of aliphatic hydroxyl groups excluding tert-OH is 2. The van der Waals surface area contributed by atoms with Gasteiger partial charge in [-0.05, 0) is 91.4 Å². The highest BCUT2D eigenvalue weighted by molar-refractivity contribution is 5.56. The van der Waals surface area contributed by atoms with E-state index >= 15 is 0 Å². The molecule has 0 aromatic heterocycles. The first-order valence-electron chi connectivity index (χ1n) is 12.0. The van der Waals surface area contributed by atoms with Gasteiger partial charge in [0, 0.05) is 5.41 Å². The van der Waals surface area contributed by atoms with Gasteiger partial charge in [-0.25, -0.2) is 0 Å². The maximum absolute atomic E-state index is 12.9. The fourth-order valence-corrected chi connectivity index (χ4v) is 7.62. The van der Waals surface area contributed by atoms with Gasteiger partial charge in [0.15, 0.2) is 0 Å². The van der Waals surface area contributed by atoms with Gasteiger partial charge >= 0.3 is 6.18 Å². The number of hydrogen-bond donors (Lipinski definition) is 2. The third-order valence-corrected chi connectivity index (χ3v) is 9.54. The number of allylic oxidation sites excluding steroid dienone is 1. The second-order valence-corrected chi connectivity index (χ2v) is 11.1. The van der Waals surface area contributed by atoms with Gasteiger partial charge in [0.25, 0.3) is 0 Å². The largest absolute Gasteiger partial charge is 0.416 e. The molecule has 0 spiro atoms. The van der Waals surface area contributed by atoms with Gasteiger partial charge in [-0.2, -0.15) is 13.2 Å². The minimum atomic E-state index is -4.34. The van der Waals surface area contributed by atoms with Crippen LogP contribution in [0.3, 0.4) is 0 Å². The molecule has 7 atom stereocenters. The van der Waals surface area contributed by atoms with E-state index in [4.69, 9.17) is 0 Å². The Morgan fingerprint density at radius 3 is 2.38 bits per heavy atom. The third kappa shape index (κ3) is 3.38. The van der Waals surface area contributed by atoms with Crippen LogP contribution in [0, 0.1) is 28.6 Å². The molecule has 2 nitrogen and oxygen atoms in total. The average molecular weight is 447 g/mol. The summed E-state index contributed by atoms with van der Waals surface area (Å²) in [6.45, 7) is 4.59. The number of rotatable bonds is 1. The highest BCUT2D eigenvalue weighted by Crippen LogP contribution is 2.65. The molecule has 3 fully saturated rings. The van der Waals surface area contributed by atoms with Crippen molar-refractivity contribution in [1.29, 1.82) is 0 Å². The highest BCUT2D eigenvalue weighted by Gasteiger charge is 2.59. The van der Waals surface area contributed by atoms with Crippen molar-refractivity contribution in [2.24, 2.45) is 28.6 Å². The lowest BCUT2D eigenvalue weighted by atomic mass is 9.48. The maximum atomic E-state index is 12.9. The molecule has 0 radical (unpaired) electrons. The van der Waals surface area contributed by atoms with Gasteiger partial charge in [-0.15, -0.1) is 0 Å². The van der Waals surface area contributed by atoms with Crippen LogP contribution in [0.25, 0.3) is 6.08 Å². The summed E-state index contributed by atoms with van der Waals surface area (Å²) in [5.74, 6) is 1.45. The first-order chi connectivity index (χ1) is 15.0. The Balaban J connectivity index is 1.42. The SMILES string of the molecule is C[C@]12CC[C@@H]3[C@H](CC=C4C[C@@H](O)CC[C@@]43C)[C@H]1C/C(=C\c1ccc(C(F)(F)F)cc1)[C@H]2O. The first-order valence-corrected chi connectivity index (χ1v) is 12.0. The molecule has 2 N–H and O–H groups in total. The molecule has 5 rings (SSSR count). The van der Waals surface area contributed by atoms with Gasteiger partial charge in [0.1, 0.15) is 0 Å². The van der Waals surface area contributed by atoms with E-state index in [2.05, 4.69) is 19.9 Å². The van der Waals surface area contributed by atoms with E-state index in [-0.39, 0.29) is 16.9 Å². The monoisotopic (exact) mass is 446 g/mol. The molecule has 1 aromatic rings. The quantitative estimate of drug-likeness (QED) is 0.491. The van der Waals surface area contributed by atoms with Crippen molar-refractivity contribution >= 4 is 6.08 Å². The number of fused-ring (bicyclic) bond motifs is 5. The summed E-state index contributed by atoms with van der Waals surface area (Å²) >= 11 is 0. The molecule has 0 heterocycles. The lowest BCUT2D eigenvalue weighted by Gasteiger charge is -2.57. The van der Waals surface area contributed by atoms with Gasteiger partial charge in [-0.3, -0.25) is 0 Å². The molecule has 5 heteroatoms. The Labute approximate surface area is 188 Å². The highest BCUT2D eigenvalue weighted by atomic mass is 19.4. The molecule has 174 valence electrons. The van der Waals surface area contributed by atoms with Crippen molar-refractivity contribution in [3.05, 3.63) is 52.6 Å². The smallest absolute Gasteiger partial charge is 0.393 e. The molecule has 0 aliphatic heterocycles. The number of benzene rings is 1. The van der Waals surface area contributed by atoms with E-state index in [9.17, 15) is 23.4 Å². The maximum Gasteiger partial charge on any atom is 0.416 e.